The van der Waals surface area contributed by atoms with Crippen molar-refractivity contribution in [3.8, 4) is 6.07 Å². The van der Waals surface area contributed by atoms with Gasteiger partial charge in [0.15, 0.2) is 0 Å². The number of hydrogen-bond donors (Lipinski definition) is 1. The molecule has 0 aliphatic rings. The van der Waals surface area contributed by atoms with E-state index >= 15 is 0 Å². The van der Waals surface area contributed by atoms with Gasteiger partial charge in [-0.3, -0.25) is 4.79 Å². The summed E-state index contributed by atoms with van der Waals surface area (Å²) in [6, 6.07) is 6.02. The van der Waals surface area contributed by atoms with Crippen LogP contribution in [0.5, 0.6) is 0 Å². The van der Waals surface area contributed by atoms with Gasteiger partial charge in [-0.1, -0.05) is 6.07 Å². The van der Waals surface area contributed by atoms with Crippen LogP contribution < -0.4 is 5.32 Å². The van der Waals surface area contributed by atoms with Gasteiger partial charge in [0.1, 0.15) is 10.7 Å². The Morgan fingerprint density at radius 2 is 2.37 bits per heavy atom. The first-order valence-electron chi connectivity index (χ1n) is 5.48. The highest BCUT2D eigenvalue weighted by atomic mass is 32.1. The molecule has 0 saturated heterocycles. The summed E-state index contributed by atoms with van der Waals surface area (Å²) in [6.45, 7) is 1.82. The molecule has 96 valence electrons. The van der Waals surface area contributed by atoms with Crippen molar-refractivity contribution in [3.05, 3.63) is 51.2 Å². The standard InChI is InChI=1S/C13H10FN3OS/c1-8-12(19-7-17-8)13(18)16-6-10-3-2-9(5-15)4-11(10)14/h2-4,7H,6H2,1H3,(H,16,18). The van der Waals surface area contributed by atoms with Crippen LogP contribution in [0.1, 0.15) is 26.5 Å². The van der Waals surface area contributed by atoms with Crippen LogP contribution >= 0.6 is 11.3 Å². The van der Waals surface area contributed by atoms with Gasteiger partial charge in [-0.2, -0.15) is 5.26 Å². The highest BCUT2D eigenvalue weighted by Gasteiger charge is 2.12. The lowest BCUT2D eigenvalue weighted by molar-refractivity contribution is 0.0954. The molecular weight excluding hydrogens is 265 g/mol. The number of aryl methyl sites for hydroxylation is 1. The molecule has 0 bridgehead atoms. The average Bonchev–Trinajstić information content (AvgIpc) is 2.83. The number of halogens is 1. The maximum Gasteiger partial charge on any atom is 0.263 e. The van der Waals surface area contributed by atoms with Crippen molar-refractivity contribution in [2.75, 3.05) is 0 Å². The van der Waals surface area contributed by atoms with E-state index in [1.807, 2.05) is 6.07 Å². The minimum atomic E-state index is -0.500. The number of thiazole rings is 1. The molecule has 0 spiro atoms. The molecule has 1 amide bonds. The lowest BCUT2D eigenvalue weighted by atomic mass is 10.1. The number of nitrogens with zero attached hydrogens (tertiary/aromatic N) is 2. The topological polar surface area (TPSA) is 65.8 Å². The quantitative estimate of drug-likeness (QED) is 0.935. The molecule has 0 atom stereocenters. The smallest absolute Gasteiger partial charge is 0.263 e. The van der Waals surface area contributed by atoms with Crippen molar-refractivity contribution >= 4 is 17.2 Å². The number of rotatable bonds is 3. The van der Waals surface area contributed by atoms with Gasteiger partial charge in [-0.25, -0.2) is 9.37 Å². The fourth-order valence-electron chi connectivity index (χ4n) is 1.54. The number of nitriles is 1. The summed E-state index contributed by atoms with van der Waals surface area (Å²) in [4.78, 5) is 16.3. The molecule has 0 fully saturated rings. The highest BCUT2D eigenvalue weighted by molar-refractivity contribution is 7.11. The predicted molar refractivity (Wildman–Crippen MR) is 69.1 cm³/mol. The number of carbonyl (C=O) groups is 1. The van der Waals surface area contributed by atoms with Crippen molar-refractivity contribution in [3.63, 3.8) is 0 Å². The van der Waals surface area contributed by atoms with Crippen LogP contribution in [0, 0.1) is 24.1 Å². The van der Waals surface area contributed by atoms with Crippen LogP contribution in [-0.2, 0) is 6.54 Å². The second-order valence-electron chi connectivity index (χ2n) is 3.87. The van der Waals surface area contributed by atoms with Crippen LogP contribution in [0.15, 0.2) is 23.7 Å². The zero-order valence-electron chi connectivity index (χ0n) is 10.1. The number of hydrogen-bond acceptors (Lipinski definition) is 4. The minimum Gasteiger partial charge on any atom is -0.347 e. The molecule has 0 aliphatic carbocycles. The summed E-state index contributed by atoms with van der Waals surface area (Å²) in [5.41, 5.74) is 2.84. The monoisotopic (exact) mass is 275 g/mol. The van der Waals surface area contributed by atoms with Crippen molar-refractivity contribution in [1.29, 1.82) is 5.26 Å². The summed E-state index contributed by atoms with van der Waals surface area (Å²) in [7, 11) is 0. The van der Waals surface area contributed by atoms with E-state index in [4.69, 9.17) is 5.26 Å². The Kier molecular flexibility index (Phi) is 3.88. The summed E-state index contributed by atoms with van der Waals surface area (Å²) >= 11 is 1.24. The lowest BCUT2D eigenvalue weighted by Crippen LogP contribution is -2.23. The molecule has 0 aliphatic heterocycles. The zero-order valence-corrected chi connectivity index (χ0v) is 10.9. The predicted octanol–water partition coefficient (Wildman–Crippen LogP) is 2.39. The Balaban J connectivity index is 2.06. The summed E-state index contributed by atoms with van der Waals surface area (Å²) in [5.74, 6) is -0.774. The zero-order chi connectivity index (χ0) is 13.8. The van der Waals surface area contributed by atoms with E-state index in [9.17, 15) is 9.18 Å². The molecule has 1 heterocycles. The third kappa shape index (κ3) is 2.95. The van der Waals surface area contributed by atoms with Crippen LogP contribution in [0.3, 0.4) is 0 Å². The summed E-state index contributed by atoms with van der Waals surface area (Å²) in [6.07, 6.45) is 0. The van der Waals surface area contributed by atoms with Crippen molar-refractivity contribution in [1.82, 2.24) is 10.3 Å². The van der Waals surface area contributed by atoms with E-state index in [1.165, 1.54) is 23.5 Å². The van der Waals surface area contributed by atoms with Crippen LogP contribution in [0.4, 0.5) is 4.39 Å². The van der Waals surface area contributed by atoms with E-state index < -0.39 is 5.82 Å². The molecule has 19 heavy (non-hydrogen) atoms. The maximum absolute atomic E-state index is 13.6. The molecule has 0 radical (unpaired) electrons. The SMILES string of the molecule is Cc1ncsc1C(=O)NCc1ccc(C#N)cc1F. The van der Waals surface area contributed by atoms with Gasteiger partial charge in [0.05, 0.1) is 22.8 Å². The first-order valence-corrected chi connectivity index (χ1v) is 6.36. The third-order valence-electron chi connectivity index (χ3n) is 2.57. The van der Waals surface area contributed by atoms with Gasteiger partial charge in [-0.05, 0) is 19.1 Å². The molecule has 1 aromatic heterocycles. The molecule has 0 unspecified atom stereocenters. The van der Waals surface area contributed by atoms with Gasteiger partial charge < -0.3 is 5.32 Å². The fraction of sp³-hybridized carbons (Fsp3) is 0.154. The van der Waals surface area contributed by atoms with Gasteiger partial charge in [0, 0.05) is 12.1 Å². The lowest BCUT2D eigenvalue weighted by Gasteiger charge is -2.05. The van der Waals surface area contributed by atoms with E-state index in [0.717, 1.165) is 6.07 Å². The maximum atomic E-state index is 13.6. The van der Waals surface area contributed by atoms with Crippen LogP contribution in [-0.4, -0.2) is 10.9 Å². The Morgan fingerprint density at radius 1 is 1.58 bits per heavy atom. The summed E-state index contributed by atoms with van der Waals surface area (Å²) in [5, 5.41) is 11.3. The first-order chi connectivity index (χ1) is 9.11. The molecular formula is C13H10FN3OS. The number of aromatic nitrogens is 1. The second-order valence-corrected chi connectivity index (χ2v) is 4.72. The molecule has 4 nitrogen and oxygen atoms in total. The normalized spacial score (nSPS) is 9.95. The van der Waals surface area contributed by atoms with Crippen LogP contribution in [0.2, 0.25) is 0 Å². The van der Waals surface area contributed by atoms with Gasteiger partial charge in [-0.15, -0.1) is 11.3 Å². The molecule has 0 saturated carbocycles. The molecule has 1 aromatic carbocycles. The third-order valence-corrected chi connectivity index (χ3v) is 3.50. The first kappa shape index (κ1) is 13.2. The average molecular weight is 275 g/mol. The van der Waals surface area contributed by atoms with Gasteiger partial charge >= 0.3 is 0 Å². The molecule has 1 N–H and O–H groups in total. The Hall–Kier alpha value is -2.26. The van der Waals surface area contributed by atoms with Crippen molar-refractivity contribution in [2.45, 2.75) is 13.5 Å². The summed E-state index contributed by atoms with van der Waals surface area (Å²) < 4.78 is 13.6. The van der Waals surface area contributed by atoms with Gasteiger partial charge in [0.2, 0.25) is 0 Å². The van der Waals surface area contributed by atoms with E-state index in [-0.39, 0.29) is 18.0 Å². The number of amides is 1. The Bertz CT molecular complexity index is 660. The number of benzene rings is 1. The molecule has 6 heteroatoms. The largest absolute Gasteiger partial charge is 0.347 e. The minimum absolute atomic E-state index is 0.0771. The molecule has 2 rings (SSSR count). The van der Waals surface area contributed by atoms with Crippen LogP contribution in [0.25, 0.3) is 0 Å². The second kappa shape index (κ2) is 5.59. The van der Waals surface area contributed by atoms with Crippen molar-refractivity contribution in [2.24, 2.45) is 0 Å². The highest BCUT2D eigenvalue weighted by Crippen LogP contribution is 2.13. The fourth-order valence-corrected chi connectivity index (χ4v) is 2.25. The van der Waals surface area contributed by atoms with E-state index in [0.29, 0.717) is 16.1 Å². The number of nitrogens with one attached hydrogen (secondary N) is 1. The Labute approximate surface area is 113 Å². The van der Waals surface area contributed by atoms with E-state index in [1.54, 1.807) is 12.4 Å². The van der Waals surface area contributed by atoms with E-state index in [2.05, 4.69) is 10.3 Å². The molecule has 2 aromatic rings. The number of carbonyl (C=O) groups excluding carboxylic acids is 1. The van der Waals surface area contributed by atoms with Gasteiger partial charge in [0.25, 0.3) is 5.91 Å². The Morgan fingerprint density at radius 3 is 2.95 bits per heavy atom. The van der Waals surface area contributed by atoms with Crippen molar-refractivity contribution < 1.29 is 9.18 Å².